The van der Waals surface area contributed by atoms with Gasteiger partial charge in [-0.05, 0) is 6.92 Å². The molecule has 4 heteroatoms. The Balaban J connectivity index is 2.47. The fourth-order valence-electron chi connectivity index (χ4n) is 1.27. The largest absolute Gasteiger partial charge is 0.364 e. The van der Waals surface area contributed by atoms with Gasteiger partial charge in [-0.3, -0.25) is 4.98 Å². The molecule has 0 amide bonds. The smallest absolute Gasteiger partial charge is 0.155 e. The van der Waals surface area contributed by atoms with Crippen molar-refractivity contribution < 1.29 is 0 Å². The molecule has 1 aliphatic heterocycles. The van der Waals surface area contributed by atoms with Gasteiger partial charge in [0.15, 0.2) is 5.82 Å². The number of nitrogens with zero attached hydrogens (tertiary/aromatic N) is 2. The predicted molar refractivity (Wildman–Crippen MR) is 46.3 cm³/mol. The van der Waals surface area contributed by atoms with Crippen molar-refractivity contribution in [1.29, 1.82) is 0 Å². The zero-order valence-electron chi connectivity index (χ0n) is 6.83. The Labute approximate surface area is 70.7 Å². The van der Waals surface area contributed by atoms with Crippen LogP contribution in [-0.2, 0) is 0 Å². The van der Waals surface area contributed by atoms with E-state index in [1.165, 1.54) is 0 Å². The molecule has 0 radical (unpaired) electrons. The van der Waals surface area contributed by atoms with E-state index in [-0.39, 0.29) is 6.04 Å². The van der Waals surface area contributed by atoms with Crippen molar-refractivity contribution in [3.8, 4) is 0 Å². The van der Waals surface area contributed by atoms with Crippen LogP contribution in [0.4, 0.5) is 5.82 Å². The minimum atomic E-state index is 0.183. The summed E-state index contributed by atoms with van der Waals surface area (Å²) < 4.78 is 0. The lowest BCUT2D eigenvalue weighted by Crippen LogP contribution is -2.29. The highest BCUT2D eigenvalue weighted by molar-refractivity contribution is 5.48. The molecule has 12 heavy (non-hydrogen) atoms. The van der Waals surface area contributed by atoms with Gasteiger partial charge in [0.05, 0.1) is 11.9 Å². The average molecular weight is 162 g/mol. The molecule has 2 N–H and O–H groups in total. The van der Waals surface area contributed by atoms with E-state index in [2.05, 4.69) is 27.2 Å². The van der Waals surface area contributed by atoms with Gasteiger partial charge >= 0.3 is 0 Å². The van der Waals surface area contributed by atoms with Crippen LogP contribution in [0.2, 0.25) is 0 Å². The van der Waals surface area contributed by atoms with Crippen LogP contribution in [0.15, 0.2) is 24.8 Å². The van der Waals surface area contributed by atoms with Crippen molar-refractivity contribution in [2.24, 2.45) is 0 Å². The van der Waals surface area contributed by atoms with Gasteiger partial charge in [-0.2, -0.15) is 0 Å². The maximum atomic E-state index is 4.21. The Hall–Kier alpha value is -1.58. The summed E-state index contributed by atoms with van der Waals surface area (Å²) in [4.78, 5) is 8.35. The van der Waals surface area contributed by atoms with Crippen LogP contribution in [0.25, 0.3) is 0 Å². The number of nitrogens with one attached hydrogen (secondary N) is 2. The highest BCUT2D eigenvalue weighted by atomic mass is 15.2. The summed E-state index contributed by atoms with van der Waals surface area (Å²) in [5, 5.41) is 6.14. The first-order valence-corrected chi connectivity index (χ1v) is 3.81. The minimum absolute atomic E-state index is 0.183. The zero-order chi connectivity index (χ0) is 8.55. The second kappa shape index (κ2) is 2.48. The summed E-state index contributed by atoms with van der Waals surface area (Å²) in [5.41, 5.74) is 0.935. The number of aromatic nitrogens is 2. The summed E-state index contributed by atoms with van der Waals surface area (Å²) in [6, 6.07) is 0.183. The molecule has 2 rings (SSSR count). The number of fused-ring (bicyclic) bond motifs is 1. The maximum absolute atomic E-state index is 4.21. The van der Waals surface area contributed by atoms with Crippen LogP contribution < -0.4 is 10.6 Å². The average Bonchev–Trinajstić information content (AvgIpc) is 2.04. The van der Waals surface area contributed by atoms with Crippen LogP contribution in [0.5, 0.6) is 0 Å². The molecule has 2 heterocycles. The molecule has 0 spiro atoms. The van der Waals surface area contributed by atoms with Gasteiger partial charge in [-0.1, -0.05) is 6.58 Å². The van der Waals surface area contributed by atoms with E-state index in [0.717, 1.165) is 17.3 Å². The van der Waals surface area contributed by atoms with Crippen molar-refractivity contribution in [1.82, 2.24) is 15.3 Å². The molecule has 0 aromatic carbocycles. The highest BCUT2D eigenvalue weighted by Gasteiger charge is 2.18. The van der Waals surface area contributed by atoms with Gasteiger partial charge < -0.3 is 10.6 Å². The van der Waals surface area contributed by atoms with Gasteiger partial charge in [0.25, 0.3) is 0 Å². The lowest BCUT2D eigenvalue weighted by atomic mass is 10.2. The SMILES string of the molecule is C=C1Nc2nccnc2C(C)N1. The molecule has 1 unspecified atom stereocenters. The molecule has 0 fully saturated rings. The van der Waals surface area contributed by atoms with E-state index in [1.807, 2.05) is 6.92 Å². The monoisotopic (exact) mass is 162 g/mol. The third-order valence-corrected chi connectivity index (χ3v) is 1.80. The maximum Gasteiger partial charge on any atom is 0.155 e. The lowest BCUT2D eigenvalue weighted by molar-refractivity contribution is 0.617. The standard InChI is InChI=1S/C8H10N4/c1-5-7-8(10-4-3-9-7)12-6(2)11-5/h3-5,11H,2H2,1H3,(H,10,12). The van der Waals surface area contributed by atoms with Crippen molar-refractivity contribution in [2.45, 2.75) is 13.0 Å². The number of hydrogen-bond donors (Lipinski definition) is 2. The van der Waals surface area contributed by atoms with Crippen LogP contribution in [0.1, 0.15) is 18.7 Å². The predicted octanol–water partition coefficient (Wildman–Crippen LogP) is 1.02. The van der Waals surface area contributed by atoms with Crippen LogP contribution in [0.3, 0.4) is 0 Å². The molecule has 1 aliphatic rings. The highest BCUT2D eigenvalue weighted by Crippen LogP contribution is 2.22. The zero-order valence-corrected chi connectivity index (χ0v) is 6.83. The number of rotatable bonds is 0. The molecule has 0 aliphatic carbocycles. The Morgan fingerprint density at radius 3 is 3.00 bits per heavy atom. The first kappa shape index (κ1) is 7.09. The third kappa shape index (κ3) is 1.01. The van der Waals surface area contributed by atoms with E-state index in [4.69, 9.17) is 0 Å². The van der Waals surface area contributed by atoms with Crippen LogP contribution in [0, 0.1) is 0 Å². The summed E-state index contributed by atoms with van der Waals surface area (Å²) in [6.07, 6.45) is 3.35. The second-order valence-electron chi connectivity index (χ2n) is 2.76. The fourth-order valence-corrected chi connectivity index (χ4v) is 1.27. The van der Waals surface area contributed by atoms with E-state index in [1.54, 1.807) is 12.4 Å². The molecule has 4 nitrogen and oxygen atoms in total. The number of hydrogen-bond acceptors (Lipinski definition) is 4. The Morgan fingerprint density at radius 1 is 1.42 bits per heavy atom. The lowest BCUT2D eigenvalue weighted by Gasteiger charge is -2.25. The van der Waals surface area contributed by atoms with Crippen LogP contribution >= 0.6 is 0 Å². The molecule has 0 bridgehead atoms. The third-order valence-electron chi connectivity index (χ3n) is 1.80. The van der Waals surface area contributed by atoms with Crippen molar-refractivity contribution in [3.05, 3.63) is 30.5 Å². The van der Waals surface area contributed by atoms with Crippen LogP contribution in [-0.4, -0.2) is 9.97 Å². The first-order valence-electron chi connectivity index (χ1n) is 3.81. The molecule has 0 saturated carbocycles. The summed E-state index contributed by atoms with van der Waals surface area (Å²) in [7, 11) is 0. The molecule has 0 saturated heterocycles. The summed E-state index contributed by atoms with van der Waals surface area (Å²) >= 11 is 0. The molecule has 62 valence electrons. The van der Waals surface area contributed by atoms with E-state index < -0.39 is 0 Å². The van der Waals surface area contributed by atoms with Crippen molar-refractivity contribution in [2.75, 3.05) is 5.32 Å². The normalized spacial score (nSPS) is 20.8. The van der Waals surface area contributed by atoms with Crippen molar-refractivity contribution in [3.63, 3.8) is 0 Å². The van der Waals surface area contributed by atoms with E-state index in [9.17, 15) is 0 Å². The molecule has 1 atom stereocenters. The minimum Gasteiger partial charge on any atom is -0.364 e. The first-order chi connectivity index (χ1) is 5.77. The van der Waals surface area contributed by atoms with Gasteiger partial charge in [-0.15, -0.1) is 0 Å². The Kier molecular flexibility index (Phi) is 1.46. The molecular formula is C8H10N4. The Bertz CT molecular complexity index is 321. The fraction of sp³-hybridized carbons (Fsp3) is 0.250. The topological polar surface area (TPSA) is 49.8 Å². The molecule has 1 aromatic rings. The quantitative estimate of drug-likeness (QED) is 0.598. The molecule has 1 aromatic heterocycles. The summed E-state index contributed by atoms with van der Waals surface area (Å²) in [6.45, 7) is 5.80. The van der Waals surface area contributed by atoms with Gasteiger partial charge in [0.1, 0.15) is 5.69 Å². The Morgan fingerprint density at radius 2 is 2.17 bits per heavy atom. The second-order valence-corrected chi connectivity index (χ2v) is 2.76. The van der Waals surface area contributed by atoms with Gasteiger partial charge in [0, 0.05) is 12.4 Å². The number of anilines is 1. The van der Waals surface area contributed by atoms with Crippen molar-refractivity contribution >= 4 is 5.82 Å². The van der Waals surface area contributed by atoms with E-state index >= 15 is 0 Å². The molecular weight excluding hydrogens is 152 g/mol. The summed E-state index contributed by atoms with van der Waals surface area (Å²) in [5.74, 6) is 1.57. The van der Waals surface area contributed by atoms with E-state index in [0.29, 0.717) is 0 Å². The van der Waals surface area contributed by atoms with Gasteiger partial charge in [0.2, 0.25) is 0 Å². The van der Waals surface area contributed by atoms with Gasteiger partial charge in [-0.25, -0.2) is 4.98 Å².